The van der Waals surface area contributed by atoms with Gasteiger partial charge in [0, 0.05) is 18.8 Å². The second kappa shape index (κ2) is 4.84. The van der Waals surface area contributed by atoms with Crippen molar-refractivity contribution in [1.29, 1.82) is 0 Å². The molecule has 0 radical (unpaired) electrons. The third-order valence-corrected chi connectivity index (χ3v) is 3.22. The molecule has 1 heterocycles. The quantitative estimate of drug-likeness (QED) is 0.851. The van der Waals surface area contributed by atoms with E-state index in [0.717, 1.165) is 18.5 Å². The molecule has 2 atom stereocenters. The average molecular weight is 236 g/mol. The Morgan fingerprint density at radius 1 is 1.35 bits per heavy atom. The molecule has 1 aliphatic rings. The van der Waals surface area contributed by atoms with Crippen LogP contribution in [0, 0.1) is 5.82 Å². The summed E-state index contributed by atoms with van der Waals surface area (Å²) in [5, 5.41) is 3.25. The summed E-state index contributed by atoms with van der Waals surface area (Å²) in [6, 6.07) is 6.25. The van der Waals surface area contributed by atoms with Gasteiger partial charge in [0.1, 0.15) is 5.82 Å². The molecule has 1 saturated heterocycles. The van der Waals surface area contributed by atoms with Gasteiger partial charge in [-0.25, -0.2) is 4.39 Å². The normalized spacial score (nSPS) is 23.7. The van der Waals surface area contributed by atoms with Crippen molar-refractivity contribution in [2.75, 3.05) is 11.9 Å². The number of carbonyl (C=O) groups is 1. The maximum Gasteiger partial charge on any atom is 0.243 e. The van der Waals surface area contributed by atoms with Gasteiger partial charge in [-0.1, -0.05) is 0 Å². The largest absolute Gasteiger partial charge is 0.314 e. The highest BCUT2D eigenvalue weighted by Crippen LogP contribution is 2.18. The minimum absolute atomic E-state index is 0.0426. The van der Waals surface area contributed by atoms with E-state index < -0.39 is 0 Å². The maximum atomic E-state index is 12.8. The molecule has 1 aromatic rings. The average Bonchev–Trinajstić information content (AvgIpc) is 2.75. The molecule has 0 aromatic heterocycles. The summed E-state index contributed by atoms with van der Waals surface area (Å²) in [7, 11) is 1.72. The van der Waals surface area contributed by atoms with Gasteiger partial charge in [0.05, 0.1) is 6.04 Å². The van der Waals surface area contributed by atoms with Crippen LogP contribution in [0.5, 0.6) is 0 Å². The molecule has 17 heavy (non-hydrogen) atoms. The van der Waals surface area contributed by atoms with E-state index in [1.165, 1.54) is 12.1 Å². The number of amides is 1. The Hall–Kier alpha value is -1.42. The van der Waals surface area contributed by atoms with Gasteiger partial charge < -0.3 is 10.2 Å². The molecule has 1 amide bonds. The van der Waals surface area contributed by atoms with Crippen molar-refractivity contribution in [1.82, 2.24) is 5.32 Å². The molecule has 3 nitrogen and oxygen atoms in total. The van der Waals surface area contributed by atoms with Gasteiger partial charge in [0.25, 0.3) is 0 Å². The smallest absolute Gasteiger partial charge is 0.243 e. The highest BCUT2D eigenvalue weighted by Gasteiger charge is 2.29. The fourth-order valence-electron chi connectivity index (χ4n) is 2.15. The summed E-state index contributed by atoms with van der Waals surface area (Å²) in [6.45, 7) is 2.07. The van der Waals surface area contributed by atoms with E-state index in [9.17, 15) is 9.18 Å². The standard InChI is InChI=1S/C13H17FN2O/c1-9-3-8-12(15-9)13(17)16(2)11-6-4-10(14)5-7-11/h4-7,9,12,15H,3,8H2,1-2H3/t9-,12-/m0/s1. The number of nitrogens with one attached hydrogen (secondary N) is 1. The Bertz CT molecular complexity index is 404. The molecule has 92 valence electrons. The van der Waals surface area contributed by atoms with Crippen LogP contribution in [0.2, 0.25) is 0 Å². The minimum atomic E-state index is -0.290. The molecule has 0 spiro atoms. The van der Waals surface area contributed by atoms with Gasteiger partial charge in [-0.2, -0.15) is 0 Å². The van der Waals surface area contributed by atoms with Crippen LogP contribution in [0.25, 0.3) is 0 Å². The van der Waals surface area contributed by atoms with Gasteiger partial charge in [0.15, 0.2) is 0 Å². The molecule has 2 rings (SSSR count). The predicted octanol–water partition coefficient (Wildman–Crippen LogP) is 1.93. The Balaban J connectivity index is 2.06. The Morgan fingerprint density at radius 2 is 2.00 bits per heavy atom. The predicted molar refractivity (Wildman–Crippen MR) is 65.4 cm³/mol. The number of likely N-dealkylation sites (N-methyl/N-ethyl adjacent to an activating group) is 1. The molecular formula is C13H17FN2O. The summed E-state index contributed by atoms with van der Waals surface area (Å²) in [4.78, 5) is 13.7. The van der Waals surface area contributed by atoms with E-state index in [4.69, 9.17) is 0 Å². The van der Waals surface area contributed by atoms with Crippen molar-refractivity contribution in [3.8, 4) is 0 Å². The Labute approximate surface area is 101 Å². The molecule has 1 N–H and O–H groups in total. The molecule has 0 aliphatic carbocycles. The number of carbonyl (C=O) groups excluding carboxylic acids is 1. The molecule has 0 saturated carbocycles. The van der Waals surface area contributed by atoms with E-state index in [2.05, 4.69) is 12.2 Å². The van der Waals surface area contributed by atoms with E-state index in [1.54, 1.807) is 24.1 Å². The lowest BCUT2D eigenvalue weighted by Crippen LogP contribution is -2.43. The van der Waals surface area contributed by atoms with Gasteiger partial charge in [-0.15, -0.1) is 0 Å². The SMILES string of the molecule is C[C@H]1CC[C@@H](C(=O)N(C)c2ccc(F)cc2)N1. The third kappa shape index (κ3) is 2.64. The van der Waals surface area contributed by atoms with Crippen LogP contribution in [0.15, 0.2) is 24.3 Å². The first-order valence-corrected chi connectivity index (χ1v) is 5.87. The Kier molecular flexibility index (Phi) is 3.43. The van der Waals surface area contributed by atoms with Crippen LogP contribution in [0.4, 0.5) is 10.1 Å². The van der Waals surface area contributed by atoms with Crippen LogP contribution in [0.1, 0.15) is 19.8 Å². The number of hydrogen-bond donors (Lipinski definition) is 1. The van der Waals surface area contributed by atoms with Crippen molar-refractivity contribution < 1.29 is 9.18 Å². The van der Waals surface area contributed by atoms with Crippen molar-refractivity contribution in [3.63, 3.8) is 0 Å². The van der Waals surface area contributed by atoms with Gasteiger partial charge >= 0.3 is 0 Å². The zero-order valence-electron chi connectivity index (χ0n) is 10.1. The monoisotopic (exact) mass is 236 g/mol. The van der Waals surface area contributed by atoms with Crippen LogP contribution < -0.4 is 10.2 Å². The van der Waals surface area contributed by atoms with Crippen molar-refractivity contribution in [3.05, 3.63) is 30.1 Å². The number of nitrogens with zero attached hydrogens (tertiary/aromatic N) is 1. The molecular weight excluding hydrogens is 219 g/mol. The lowest BCUT2D eigenvalue weighted by Gasteiger charge is -2.21. The lowest BCUT2D eigenvalue weighted by atomic mass is 10.2. The molecule has 1 aromatic carbocycles. The third-order valence-electron chi connectivity index (χ3n) is 3.22. The van der Waals surface area contributed by atoms with Crippen molar-refractivity contribution >= 4 is 11.6 Å². The zero-order chi connectivity index (χ0) is 12.4. The van der Waals surface area contributed by atoms with Crippen LogP contribution in [0.3, 0.4) is 0 Å². The topological polar surface area (TPSA) is 32.3 Å². The maximum absolute atomic E-state index is 12.8. The van der Waals surface area contributed by atoms with E-state index >= 15 is 0 Å². The second-order valence-electron chi connectivity index (χ2n) is 4.57. The first kappa shape index (κ1) is 12.0. The van der Waals surface area contributed by atoms with E-state index in [1.807, 2.05) is 0 Å². The number of halogens is 1. The molecule has 4 heteroatoms. The van der Waals surface area contributed by atoms with E-state index in [0.29, 0.717) is 6.04 Å². The lowest BCUT2D eigenvalue weighted by molar-refractivity contribution is -0.120. The first-order chi connectivity index (χ1) is 8.08. The summed E-state index contributed by atoms with van der Waals surface area (Å²) in [6.07, 6.45) is 1.89. The van der Waals surface area contributed by atoms with Crippen molar-refractivity contribution in [2.24, 2.45) is 0 Å². The van der Waals surface area contributed by atoms with Gasteiger partial charge in [-0.05, 0) is 44.0 Å². The summed E-state index contributed by atoms with van der Waals surface area (Å²) in [5.41, 5.74) is 0.720. The van der Waals surface area contributed by atoms with Crippen LogP contribution in [-0.4, -0.2) is 25.0 Å². The molecule has 0 unspecified atom stereocenters. The first-order valence-electron chi connectivity index (χ1n) is 5.87. The number of anilines is 1. The number of rotatable bonds is 2. The molecule has 0 bridgehead atoms. The van der Waals surface area contributed by atoms with Crippen molar-refractivity contribution in [2.45, 2.75) is 31.8 Å². The second-order valence-corrected chi connectivity index (χ2v) is 4.57. The number of benzene rings is 1. The van der Waals surface area contributed by atoms with E-state index in [-0.39, 0.29) is 17.8 Å². The number of hydrogen-bond acceptors (Lipinski definition) is 2. The Morgan fingerprint density at radius 3 is 2.53 bits per heavy atom. The molecule has 1 aliphatic heterocycles. The van der Waals surface area contributed by atoms with Crippen LogP contribution in [-0.2, 0) is 4.79 Å². The van der Waals surface area contributed by atoms with Gasteiger partial charge in [0.2, 0.25) is 5.91 Å². The highest BCUT2D eigenvalue weighted by molar-refractivity contribution is 5.96. The highest BCUT2D eigenvalue weighted by atomic mass is 19.1. The summed E-state index contributed by atoms with van der Waals surface area (Å²) >= 11 is 0. The fourth-order valence-corrected chi connectivity index (χ4v) is 2.15. The summed E-state index contributed by atoms with van der Waals surface area (Å²) in [5.74, 6) is -0.247. The fraction of sp³-hybridized carbons (Fsp3) is 0.462. The molecule has 1 fully saturated rings. The van der Waals surface area contributed by atoms with Crippen LogP contribution >= 0.6 is 0 Å². The van der Waals surface area contributed by atoms with Gasteiger partial charge in [-0.3, -0.25) is 4.79 Å². The summed E-state index contributed by atoms with van der Waals surface area (Å²) < 4.78 is 12.8. The zero-order valence-corrected chi connectivity index (χ0v) is 10.1. The minimum Gasteiger partial charge on any atom is -0.314 e.